The molecule has 0 bridgehead atoms. The van der Waals surface area contributed by atoms with Crippen LogP contribution >= 0.6 is 24.0 Å². The standard InChI is InChI=1S/C11H12ClN3.ClH/c12-7-3-4-8-10(6-7)15-11(14-8)9-2-1-5-13-9;/h3-4,6,9,13H,1-2,5H2,(H,14,15);1H/t9-;/m0./s1. The van der Waals surface area contributed by atoms with E-state index in [0.717, 1.165) is 34.8 Å². The minimum absolute atomic E-state index is 0. The quantitative estimate of drug-likeness (QED) is 0.825. The van der Waals surface area contributed by atoms with E-state index in [1.807, 2.05) is 18.2 Å². The molecule has 2 aromatic rings. The first-order valence-corrected chi connectivity index (χ1v) is 5.59. The number of aromatic amines is 1. The third kappa shape index (κ3) is 2.03. The number of H-pyrrole nitrogens is 1. The molecule has 1 aliphatic rings. The fraction of sp³-hybridized carbons (Fsp3) is 0.364. The molecule has 2 heterocycles. The number of fused-ring (bicyclic) bond motifs is 1. The van der Waals surface area contributed by atoms with Crippen LogP contribution in [0.4, 0.5) is 0 Å². The zero-order valence-electron chi connectivity index (χ0n) is 8.66. The zero-order valence-corrected chi connectivity index (χ0v) is 10.2. The van der Waals surface area contributed by atoms with Gasteiger partial charge in [0.05, 0.1) is 17.1 Å². The summed E-state index contributed by atoms with van der Waals surface area (Å²) in [7, 11) is 0. The molecule has 0 amide bonds. The van der Waals surface area contributed by atoms with Gasteiger partial charge in [0.1, 0.15) is 5.82 Å². The first-order valence-electron chi connectivity index (χ1n) is 5.21. The van der Waals surface area contributed by atoms with E-state index in [0.29, 0.717) is 6.04 Å². The lowest BCUT2D eigenvalue weighted by Gasteiger charge is -2.04. The molecule has 3 nitrogen and oxygen atoms in total. The molecule has 5 heteroatoms. The Morgan fingerprint density at radius 3 is 3.00 bits per heavy atom. The summed E-state index contributed by atoms with van der Waals surface area (Å²) in [5.41, 5.74) is 2.01. The number of nitrogens with one attached hydrogen (secondary N) is 2. The van der Waals surface area contributed by atoms with Crippen molar-refractivity contribution in [2.75, 3.05) is 6.54 Å². The minimum Gasteiger partial charge on any atom is -0.341 e. The van der Waals surface area contributed by atoms with Crippen molar-refractivity contribution in [3.05, 3.63) is 29.0 Å². The molecule has 0 unspecified atom stereocenters. The van der Waals surface area contributed by atoms with Crippen LogP contribution in [0, 0.1) is 0 Å². The molecule has 0 spiro atoms. The van der Waals surface area contributed by atoms with Crippen LogP contribution in [0.3, 0.4) is 0 Å². The first-order chi connectivity index (χ1) is 7.33. The highest BCUT2D eigenvalue weighted by Gasteiger charge is 2.19. The van der Waals surface area contributed by atoms with Crippen LogP contribution in [-0.4, -0.2) is 16.5 Å². The highest BCUT2D eigenvalue weighted by atomic mass is 35.5. The van der Waals surface area contributed by atoms with Gasteiger partial charge in [0.2, 0.25) is 0 Å². The van der Waals surface area contributed by atoms with Gasteiger partial charge in [-0.2, -0.15) is 0 Å². The molecule has 1 aliphatic heterocycles. The van der Waals surface area contributed by atoms with Crippen molar-refractivity contribution in [1.29, 1.82) is 0 Å². The van der Waals surface area contributed by atoms with E-state index in [4.69, 9.17) is 11.6 Å². The lowest BCUT2D eigenvalue weighted by atomic mass is 10.2. The van der Waals surface area contributed by atoms with Crippen LogP contribution < -0.4 is 5.32 Å². The smallest absolute Gasteiger partial charge is 0.124 e. The maximum Gasteiger partial charge on any atom is 0.124 e. The van der Waals surface area contributed by atoms with Crippen LogP contribution in [0.5, 0.6) is 0 Å². The Labute approximate surface area is 105 Å². The van der Waals surface area contributed by atoms with Gasteiger partial charge in [-0.3, -0.25) is 0 Å². The van der Waals surface area contributed by atoms with Gasteiger partial charge in [0, 0.05) is 5.02 Å². The van der Waals surface area contributed by atoms with Crippen molar-refractivity contribution in [3.63, 3.8) is 0 Å². The third-order valence-electron chi connectivity index (χ3n) is 2.85. The number of rotatable bonds is 1. The molecule has 3 rings (SSSR count). The van der Waals surface area contributed by atoms with Crippen LogP contribution in [0.1, 0.15) is 24.7 Å². The predicted octanol–water partition coefficient (Wildman–Crippen LogP) is 3.06. The summed E-state index contributed by atoms with van der Waals surface area (Å²) < 4.78 is 0. The summed E-state index contributed by atoms with van der Waals surface area (Å²) in [4.78, 5) is 7.88. The summed E-state index contributed by atoms with van der Waals surface area (Å²) in [5.74, 6) is 1.03. The Morgan fingerprint density at radius 2 is 2.25 bits per heavy atom. The van der Waals surface area contributed by atoms with Crippen molar-refractivity contribution in [3.8, 4) is 0 Å². The molecule has 2 N–H and O–H groups in total. The molecule has 1 aromatic carbocycles. The first kappa shape index (κ1) is 11.7. The van der Waals surface area contributed by atoms with Gasteiger partial charge in [-0.15, -0.1) is 12.4 Å². The number of hydrogen-bond acceptors (Lipinski definition) is 2. The molecule has 16 heavy (non-hydrogen) atoms. The van der Waals surface area contributed by atoms with Gasteiger partial charge in [-0.25, -0.2) is 4.98 Å². The van der Waals surface area contributed by atoms with Gasteiger partial charge in [-0.1, -0.05) is 11.6 Å². The summed E-state index contributed by atoms with van der Waals surface area (Å²) >= 11 is 5.92. The monoisotopic (exact) mass is 257 g/mol. The van der Waals surface area contributed by atoms with Crippen LogP contribution in [0.25, 0.3) is 11.0 Å². The maximum absolute atomic E-state index is 5.92. The molecular formula is C11H13Cl2N3. The molecular weight excluding hydrogens is 245 g/mol. The van der Waals surface area contributed by atoms with Crippen molar-refractivity contribution in [2.24, 2.45) is 0 Å². The van der Waals surface area contributed by atoms with Crippen molar-refractivity contribution >= 4 is 35.0 Å². The Kier molecular flexibility index (Phi) is 3.38. The predicted molar refractivity (Wildman–Crippen MR) is 68.3 cm³/mol. The molecule has 1 saturated heterocycles. The van der Waals surface area contributed by atoms with Crippen molar-refractivity contribution < 1.29 is 0 Å². The second-order valence-corrected chi connectivity index (χ2v) is 4.37. The Balaban J connectivity index is 0.000000963. The highest BCUT2D eigenvalue weighted by Crippen LogP contribution is 2.24. The van der Waals surface area contributed by atoms with Gasteiger partial charge < -0.3 is 10.3 Å². The third-order valence-corrected chi connectivity index (χ3v) is 3.09. The number of halogens is 2. The molecule has 1 aromatic heterocycles. The van der Waals surface area contributed by atoms with E-state index in [-0.39, 0.29) is 12.4 Å². The van der Waals surface area contributed by atoms with Gasteiger partial charge in [0.15, 0.2) is 0 Å². The minimum atomic E-state index is 0. The van der Waals surface area contributed by atoms with Crippen LogP contribution in [0.15, 0.2) is 18.2 Å². The fourth-order valence-corrected chi connectivity index (χ4v) is 2.26. The fourth-order valence-electron chi connectivity index (χ4n) is 2.08. The second kappa shape index (κ2) is 4.62. The largest absolute Gasteiger partial charge is 0.341 e. The van der Waals surface area contributed by atoms with E-state index >= 15 is 0 Å². The molecule has 0 aliphatic carbocycles. The van der Waals surface area contributed by atoms with E-state index < -0.39 is 0 Å². The van der Waals surface area contributed by atoms with E-state index in [1.54, 1.807) is 0 Å². The Bertz CT molecular complexity index is 489. The number of benzene rings is 1. The lowest BCUT2D eigenvalue weighted by Crippen LogP contribution is -2.13. The summed E-state index contributed by atoms with van der Waals surface area (Å²) in [6.45, 7) is 1.09. The normalized spacial score (nSPS) is 19.9. The number of hydrogen-bond donors (Lipinski definition) is 2. The van der Waals surface area contributed by atoms with Gasteiger partial charge in [-0.05, 0) is 37.6 Å². The number of imidazole rings is 1. The van der Waals surface area contributed by atoms with Crippen molar-refractivity contribution in [1.82, 2.24) is 15.3 Å². The molecule has 1 atom stereocenters. The van der Waals surface area contributed by atoms with Crippen LogP contribution in [0.2, 0.25) is 5.02 Å². The van der Waals surface area contributed by atoms with Crippen molar-refractivity contribution in [2.45, 2.75) is 18.9 Å². The number of aromatic nitrogens is 2. The zero-order chi connectivity index (χ0) is 10.3. The topological polar surface area (TPSA) is 40.7 Å². The molecule has 1 fully saturated rings. The summed E-state index contributed by atoms with van der Waals surface area (Å²) in [5, 5.41) is 4.17. The summed E-state index contributed by atoms with van der Waals surface area (Å²) in [6.07, 6.45) is 2.38. The lowest BCUT2D eigenvalue weighted by molar-refractivity contribution is 0.614. The van der Waals surface area contributed by atoms with E-state index in [2.05, 4.69) is 15.3 Å². The second-order valence-electron chi connectivity index (χ2n) is 3.93. The van der Waals surface area contributed by atoms with Crippen LogP contribution in [-0.2, 0) is 0 Å². The van der Waals surface area contributed by atoms with E-state index in [9.17, 15) is 0 Å². The Hall–Kier alpha value is -0.770. The van der Waals surface area contributed by atoms with Gasteiger partial charge in [0.25, 0.3) is 0 Å². The molecule has 86 valence electrons. The number of nitrogens with zero attached hydrogens (tertiary/aromatic N) is 1. The average Bonchev–Trinajstić information content (AvgIpc) is 2.84. The van der Waals surface area contributed by atoms with E-state index in [1.165, 1.54) is 6.42 Å². The summed E-state index contributed by atoms with van der Waals surface area (Å²) in [6, 6.07) is 6.13. The SMILES string of the molecule is Cl.Clc1ccc2nc([C@@H]3CCCN3)[nH]c2c1. The average molecular weight is 258 g/mol. The Morgan fingerprint density at radius 1 is 1.38 bits per heavy atom. The maximum atomic E-state index is 5.92. The molecule has 0 saturated carbocycles. The van der Waals surface area contributed by atoms with Gasteiger partial charge >= 0.3 is 0 Å². The molecule has 0 radical (unpaired) electrons. The highest BCUT2D eigenvalue weighted by molar-refractivity contribution is 6.31.